The van der Waals surface area contributed by atoms with E-state index in [4.69, 9.17) is 19.5 Å². The Balaban J connectivity index is 0.00000387. The maximum Gasteiger partial charge on any atom is 2.00 e. The molecule has 0 radical (unpaired) electrons. The van der Waals surface area contributed by atoms with Gasteiger partial charge in [0.25, 0.3) is 0 Å². The fraction of sp³-hybridized carbons (Fsp3) is 0.348. The summed E-state index contributed by atoms with van der Waals surface area (Å²) in [6.45, 7) is 26.5. The molecule has 2 aromatic heterocycles. The molecule has 5 nitrogen and oxygen atoms in total. The van der Waals surface area contributed by atoms with Crippen LogP contribution in [0.15, 0.2) is 59.7 Å². The van der Waals surface area contributed by atoms with E-state index in [2.05, 4.69) is 148 Å². The molecule has 4 aromatic carbocycles. The predicted molar refractivity (Wildman–Crippen MR) is 206 cm³/mol. The Kier molecular flexibility index (Phi) is 7.32. The van der Waals surface area contributed by atoms with Crippen molar-refractivity contribution in [1.29, 1.82) is 0 Å². The first-order valence-electron chi connectivity index (χ1n) is 18.1. The summed E-state index contributed by atoms with van der Waals surface area (Å²) in [7, 11) is 0. The minimum Gasteiger partial charge on any atom is -0.510 e. The zero-order valence-corrected chi connectivity index (χ0v) is 34.4. The van der Waals surface area contributed by atoms with Crippen molar-refractivity contribution in [2.45, 2.75) is 105 Å². The van der Waals surface area contributed by atoms with Crippen LogP contribution in [-0.2, 0) is 42.2 Å². The average Bonchev–Trinajstić information content (AvgIpc) is 3.58. The van der Waals surface area contributed by atoms with Crippen molar-refractivity contribution in [2.75, 3.05) is 0 Å². The molecule has 0 amide bonds. The van der Waals surface area contributed by atoms with Gasteiger partial charge < -0.3 is 14.0 Å². The number of para-hydroxylation sites is 1. The molecule has 4 heterocycles. The first kappa shape index (κ1) is 34.9. The minimum atomic E-state index is -0.578. The van der Waals surface area contributed by atoms with Gasteiger partial charge in [-0.25, -0.2) is 4.98 Å². The Labute approximate surface area is 321 Å². The van der Waals surface area contributed by atoms with E-state index in [1.807, 2.05) is 6.20 Å². The Morgan fingerprint density at radius 1 is 0.731 bits per heavy atom. The second-order valence-corrected chi connectivity index (χ2v) is 16.7. The van der Waals surface area contributed by atoms with Crippen molar-refractivity contribution < 1.29 is 30.5 Å². The van der Waals surface area contributed by atoms with Gasteiger partial charge in [-0.15, -0.1) is 28.8 Å². The van der Waals surface area contributed by atoms with E-state index in [0.29, 0.717) is 17.4 Å². The zero-order chi connectivity index (χ0) is 36.2. The summed E-state index contributed by atoms with van der Waals surface area (Å²) in [5, 5.41) is 2.40. The SMILES string of the molecule is Cc1cc(C)c2c(c1)[C@@]1(C)N=C(c3[c-]c(Oc4[c-]c5c(cc4C)C(C)(C)c4cccc6c7c(C)ccnc7n-5c46)c(C)cc3C)O[C@@]1(C)C2(C)C.[Pt+2]. The Hall–Kier alpha value is -4.21. The quantitative estimate of drug-likeness (QED) is 0.167. The first-order valence-corrected chi connectivity index (χ1v) is 18.1. The molecule has 266 valence electrons. The van der Waals surface area contributed by atoms with Crippen LogP contribution in [0.4, 0.5) is 0 Å². The van der Waals surface area contributed by atoms with Crippen molar-refractivity contribution in [3.05, 3.63) is 128 Å². The van der Waals surface area contributed by atoms with Gasteiger partial charge in [0.2, 0.25) is 0 Å². The molecule has 1 aliphatic carbocycles. The zero-order valence-electron chi connectivity index (χ0n) is 32.2. The summed E-state index contributed by atoms with van der Waals surface area (Å²) in [4.78, 5) is 10.4. The number of aryl methyl sites for hydroxylation is 6. The first-order chi connectivity index (χ1) is 24.0. The Morgan fingerprint density at radius 2 is 1.44 bits per heavy atom. The monoisotopic (exact) mass is 866 g/mol. The third-order valence-electron chi connectivity index (χ3n) is 12.9. The summed E-state index contributed by atoms with van der Waals surface area (Å²) in [6, 6.07) is 25.2. The van der Waals surface area contributed by atoms with Crippen molar-refractivity contribution >= 4 is 27.8 Å². The van der Waals surface area contributed by atoms with Gasteiger partial charge >= 0.3 is 21.1 Å². The molecule has 0 bridgehead atoms. The Bertz CT molecular complexity index is 2590. The number of hydrogen-bond donors (Lipinski definition) is 0. The van der Waals surface area contributed by atoms with Crippen LogP contribution >= 0.6 is 0 Å². The molecular formula is C46H45N3O2Pt. The fourth-order valence-corrected chi connectivity index (χ4v) is 9.80. The molecule has 6 heteroatoms. The largest absolute Gasteiger partial charge is 2.00 e. The molecule has 0 unspecified atom stereocenters. The van der Waals surface area contributed by atoms with E-state index in [1.165, 1.54) is 55.2 Å². The van der Waals surface area contributed by atoms with E-state index >= 15 is 0 Å². The number of aliphatic imine (C=N–C) groups is 1. The number of nitrogens with zero attached hydrogens (tertiary/aromatic N) is 3. The number of benzene rings is 4. The molecule has 3 aliphatic rings. The summed E-state index contributed by atoms with van der Waals surface area (Å²) in [6.07, 6.45) is 1.90. The topological polar surface area (TPSA) is 48.6 Å². The molecule has 0 spiro atoms. The van der Waals surface area contributed by atoms with Crippen molar-refractivity contribution in [2.24, 2.45) is 4.99 Å². The molecule has 52 heavy (non-hydrogen) atoms. The minimum absolute atomic E-state index is 0. The maximum atomic E-state index is 7.05. The standard InChI is InChI=1S/C46H45N3O2.Pt/c1-24-18-29(6)39-34(19-24)45(11)46(12,44(39,9)10)51-42(48-45)31-22-36(27(4)20-26(31)3)50-37-23-35-33(21-28(37)5)43(7,8)32-15-13-14-30-38-25(2)16-17-47-41(38)49(35)40(30)32;/h13-21H,1-12H3;/q-2;+2/t45-,46+;/m1./s1. The molecule has 0 saturated carbocycles. The number of aromatic nitrogens is 2. The van der Waals surface area contributed by atoms with Crippen LogP contribution in [0.3, 0.4) is 0 Å². The van der Waals surface area contributed by atoms with Gasteiger partial charge in [-0.3, -0.25) is 4.99 Å². The molecule has 0 saturated heterocycles. The van der Waals surface area contributed by atoms with Crippen molar-refractivity contribution in [1.82, 2.24) is 9.55 Å². The smallest absolute Gasteiger partial charge is 0.510 e. The molecular weight excluding hydrogens is 822 g/mol. The summed E-state index contributed by atoms with van der Waals surface area (Å²) in [5.74, 6) is 1.94. The molecule has 0 N–H and O–H groups in total. The molecule has 2 aliphatic heterocycles. The summed E-state index contributed by atoms with van der Waals surface area (Å²) < 4.78 is 16.2. The number of hydrogen-bond acceptors (Lipinski definition) is 4. The fourth-order valence-electron chi connectivity index (χ4n) is 9.80. The van der Waals surface area contributed by atoms with E-state index < -0.39 is 11.1 Å². The third kappa shape index (κ3) is 4.21. The van der Waals surface area contributed by atoms with E-state index in [1.54, 1.807) is 0 Å². The third-order valence-corrected chi connectivity index (χ3v) is 12.9. The van der Waals surface area contributed by atoms with Gasteiger partial charge in [-0.1, -0.05) is 107 Å². The maximum absolute atomic E-state index is 7.05. The normalized spacial score (nSPS) is 21.7. The Morgan fingerprint density at radius 3 is 2.19 bits per heavy atom. The molecule has 9 rings (SSSR count). The average molecular weight is 867 g/mol. The van der Waals surface area contributed by atoms with Crippen LogP contribution in [-0.4, -0.2) is 21.0 Å². The van der Waals surface area contributed by atoms with Gasteiger partial charge in [-0.05, 0) is 73.9 Å². The summed E-state index contributed by atoms with van der Waals surface area (Å²) >= 11 is 0. The van der Waals surface area contributed by atoms with Crippen LogP contribution in [0.25, 0.3) is 27.6 Å². The van der Waals surface area contributed by atoms with Crippen LogP contribution in [0.5, 0.6) is 11.5 Å². The van der Waals surface area contributed by atoms with Gasteiger partial charge in [-0.2, -0.15) is 6.07 Å². The van der Waals surface area contributed by atoms with Gasteiger partial charge in [0.1, 0.15) is 22.7 Å². The van der Waals surface area contributed by atoms with Crippen molar-refractivity contribution in [3.8, 4) is 17.2 Å². The predicted octanol–water partition coefficient (Wildman–Crippen LogP) is 10.8. The van der Waals surface area contributed by atoms with Crippen LogP contribution < -0.4 is 4.74 Å². The number of fused-ring (bicyclic) bond motifs is 8. The molecule has 6 aromatic rings. The molecule has 2 atom stereocenters. The second-order valence-electron chi connectivity index (χ2n) is 16.7. The van der Waals surface area contributed by atoms with Gasteiger partial charge in [0, 0.05) is 33.9 Å². The number of pyridine rings is 1. The van der Waals surface area contributed by atoms with E-state index in [0.717, 1.165) is 33.6 Å². The molecule has 0 fully saturated rings. The van der Waals surface area contributed by atoms with E-state index in [9.17, 15) is 0 Å². The number of ether oxygens (including phenoxy) is 2. The van der Waals surface area contributed by atoms with Crippen LogP contribution in [0.1, 0.15) is 103 Å². The van der Waals surface area contributed by atoms with Crippen LogP contribution in [0.2, 0.25) is 0 Å². The second kappa shape index (κ2) is 10.9. The van der Waals surface area contributed by atoms with E-state index in [-0.39, 0.29) is 31.9 Å². The number of rotatable bonds is 3. The van der Waals surface area contributed by atoms with Crippen LogP contribution in [0, 0.1) is 53.7 Å². The van der Waals surface area contributed by atoms with Gasteiger partial charge in [0.15, 0.2) is 0 Å². The summed E-state index contributed by atoms with van der Waals surface area (Å²) in [5.41, 5.74) is 14.2. The van der Waals surface area contributed by atoms with Gasteiger partial charge in [0.05, 0.1) is 5.52 Å². The van der Waals surface area contributed by atoms with Crippen molar-refractivity contribution in [3.63, 3.8) is 0 Å².